The first-order valence-electron chi connectivity index (χ1n) is 6.89. The standard InChI is InChI=1S/C15H17Cl2NO3/c1-15(18)11(5-8-12(13(8)15)14(19)20)21-6-7-2-3-9(16)10(17)4-7/h2-4,8,11-13H,5-6,18H2,1H3,(H,19,20)/t8?,11?,12?,13-,15?/m0/s1. The van der Waals surface area contributed by atoms with Crippen LogP contribution in [-0.2, 0) is 16.1 Å². The lowest BCUT2D eigenvalue weighted by Gasteiger charge is -2.31. The molecule has 0 aliphatic heterocycles. The molecule has 0 aromatic heterocycles. The van der Waals surface area contributed by atoms with E-state index in [1.165, 1.54) is 0 Å². The largest absolute Gasteiger partial charge is 0.481 e. The van der Waals surface area contributed by atoms with Gasteiger partial charge in [0.2, 0.25) is 0 Å². The summed E-state index contributed by atoms with van der Waals surface area (Å²) in [6.45, 7) is 2.28. The van der Waals surface area contributed by atoms with Crippen molar-refractivity contribution in [2.24, 2.45) is 23.5 Å². The van der Waals surface area contributed by atoms with E-state index in [0.29, 0.717) is 23.1 Å². The number of hydrogen-bond acceptors (Lipinski definition) is 3. The second-order valence-electron chi connectivity index (χ2n) is 6.20. The van der Waals surface area contributed by atoms with Crippen molar-refractivity contribution in [1.29, 1.82) is 0 Å². The molecule has 0 amide bonds. The van der Waals surface area contributed by atoms with E-state index in [0.717, 1.165) is 5.56 Å². The predicted molar refractivity (Wildman–Crippen MR) is 80.4 cm³/mol. The maximum Gasteiger partial charge on any atom is 0.307 e. The summed E-state index contributed by atoms with van der Waals surface area (Å²) in [6.07, 6.45) is 0.577. The van der Waals surface area contributed by atoms with Crippen molar-refractivity contribution in [2.75, 3.05) is 0 Å². The second kappa shape index (κ2) is 5.13. The van der Waals surface area contributed by atoms with Gasteiger partial charge in [-0.2, -0.15) is 0 Å². The smallest absolute Gasteiger partial charge is 0.307 e. The van der Waals surface area contributed by atoms with Crippen LogP contribution in [0, 0.1) is 17.8 Å². The van der Waals surface area contributed by atoms with Gasteiger partial charge < -0.3 is 15.6 Å². The highest BCUT2D eigenvalue weighted by Gasteiger charge is 2.69. The minimum Gasteiger partial charge on any atom is -0.481 e. The Kier molecular flexibility index (Phi) is 3.69. The van der Waals surface area contributed by atoms with Gasteiger partial charge in [-0.15, -0.1) is 0 Å². The normalized spacial score (nSPS) is 37.3. The van der Waals surface area contributed by atoms with Gasteiger partial charge in [-0.3, -0.25) is 4.79 Å². The number of carboxylic acid groups (broad SMARTS) is 1. The summed E-state index contributed by atoms with van der Waals surface area (Å²) in [5, 5.41) is 10.1. The zero-order valence-corrected chi connectivity index (χ0v) is 13.1. The van der Waals surface area contributed by atoms with Crippen molar-refractivity contribution in [2.45, 2.75) is 31.6 Å². The number of hydrogen-bond donors (Lipinski definition) is 2. The quantitative estimate of drug-likeness (QED) is 0.890. The van der Waals surface area contributed by atoms with Crippen LogP contribution in [0.1, 0.15) is 18.9 Å². The molecule has 0 heterocycles. The molecule has 4 unspecified atom stereocenters. The second-order valence-corrected chi connectivity index (χ2v) is 7.02. The third-order valence-electron chi connectivity index (χ3n) is 4.79. The van der Waals surface area contributed by atoms with Crippen molar-refractivity contribution < 1.29 is 14.6 Å². The van der Waals surface area contributed by atoms with Gasteiger partial charge in [0, 0.05) is 5.54 Å². The Hall–Kier alpha value is -0.810. The van der Waals surface area contributed by atoms with Crippen molar-refractivity contribution in [1.82, 2.24) is 0 Å². The minimum absolute atomic E-state index is 0.0220. The summed E-state index contributed by atoms with van der Waals surface area (Å²) in [5.74, 6) is -0.875. The molecule has 0 radical (unpaired) electrons. The van der Waals surface area contributed by atoms with Crippen molar-refractivity contribution in [3.05, 3.63) is 33.8 Å². The topological polar surface area (TPSA) is 72.5 Å². The number of aliphatic carboxylic acids is 1. The first kappa shape index (κ1) is 15.1. The van der Waals surface area contributed by atoms with Gasteiger partial charge in [-0.05, 0) is 42.9 Å². The van der Waals surface area contributed by atoms with E-state index in [1.807, 2.05) is 13.0 Å². The Bertz CT molecular complexity index is 590. The Morgan fingerprint density at radius 2 is 2.19 bits per heavy atom. The van der Waals surface area contributed by atoms with Crippen LogP contribution in [0.3, 0.4) is 0 Å². The van der Waals surface area contributed by atoms with Crippen LogP contribution >= 0.6 is 23.2 Å². The molecule has 3 N–H and O–H groups in total. The van der Waals surface area contributed by atoms with E-state index in [-0.39, 0.29) is 23.9 Å². The molecule has 2 aliphatic carbocycles. The molecule has 0 saturated heterocycles. The van der Waals surface area contributed by atoms with Crippen LogP contribution in [0.4, 0.5) is 0 Å². The van der Waals surface area contributed by atoms with Crippen LogP contribution < -0.4 is 5.73 Å². The monoisotopic (exact) mass is 329 g/mol. The van der Waals surface area contributed by atoms with Gasteiger partial charge in [-0.1, -0.05) is 29.3 Å². The zero-order chi connectivity index (χ0) is 15.4. The Morgan fingerprint density at radius 1 is 1.48 bits per heavy atom. The molecule has 1 aromatic carbocycles. The molecule has 0 spiro atoms. The lowest BCUT2D eigenvalue weighted by molar-refractivity contribution is -0.140. The maximum absolute atomic E-state index is 11.1. The van der Waals surface area contributed by atoms with E-state index in [9.17, 15) is 4.79 Å². The third-order valence-corrected chi connectivity index (χ3v) is 5.53. The van der Waals surface area contributed by atoms with Gasteiger partial charge in [0.05, 0.1) is 28.7 Å². The lowest BCUT2D eigenvalue weighted by atomic mass is 9.91. The molecule has 0 bridgehead atoms. The summed E-state index contributed by atoms with van der Waals surface area (Å²) >= 11 is 11.8. The highest BCUT2D eigenvalue weighted by Crippen LogP contribution is 2.62. The van der Waals surface area contributed by atoms with Gasteiger partial charge in [0.1, 0.15) is 0 Å². The predicted octanol–water partition coefficient (Wildman–Crippen LogP) is 2.95. The fourth-order valence-corrected chi connectivity index (χ4v) is 3.96. The van der Waals surface area contributed by atoms with Crippen molar-refractivity contribution in [3.8, 4) is 0 Å². The van der Waals surface area contributed by atoms with E-state index >= 15 is 0 Å². The molecule has 6 heteroatoms. The average molecular weight is 330 g/mol. The fourth-order valence-electron chi connectivity index (χ4n) is 3.64. The number of nitrogens with two attached hydrogens (primary N) is 1. The first-order chi connectivity index (χ1) is 9.82. The molecular formula is C15H17Cl2NO3. The molecule has 2 aliphatic rings. The molecule has 4 nitrogen and oxygen atoms in total. The fraction of sp³-hybridized carbons (Fsp3) is 0.533. The van der Waals surface area contributed by atoms with Crippen LogP contribution in [0.2, 0.25) is 10.0 Å². The summed E-state index contributed by atoms with van der Waals surface area (Å²) in [6, 6.07) is 5.36. The number of carbonyl (C=O) groups is 1. The summed E-state index contributed by atoms with van der Waals surface area (Å²) in [7, 11) is 0. The number of benzene rings is 1. The number of carboxylic acids is 1. The maximum atomic E-state index is 11.1. The molecule has 2 saturated carbocycles. The van der Waals surface area contributed by atoms with E-state index in [4.69, 9.17) is 38.8 Å². The zero-order valence-electron chi connectivity index (χ0n) is 11.6. The number of fused-ring (bicyclic) bond motifs is 1. The number of ether oxygens (including phenoxy) is 1. The van der Waals surface area contributed by atoms with Gasteiger partial charge >= 0.3 is 5.97 Å². The highest BCUT2D eigenvalue weighted by molar-refractivity contribution is 6.42. The molecule has 1 aromatic rings. The minimum atomic E-state index is -0.746. The molecule has 3 rings (SSSR count). The summed E-state index contributed by atoms with van der Waals surface area (Å²) in [4.78, 5) is 11.1. The molecule has 5 atom stereocenters. The SMILES string of the molecule is CC1(N)C(OCc2ccc(Cl)c(Cl)c2)CC2C(C(=O)O)[C@H]21. The highest BCUT2D eigenvalue weighted by atomic mass is 35.5. The number of rotatable bonds is 4. The van der Waals surface area contributed by atoms with Crippen LogP contribution in [0.5, 0.6) is 0 Å². The van der Waals surface area contributed by atoms with E-state index in [1.54, 1.807) is 12.1 Å². The van der Waals surface area contributed by atoms with Gasteiger partial charge in [0.15, 0.2) is 0 Å². The van der Waals surface area contributed by atoms with Crippen LogP contribution in [0.25, 0.3) is 0 Å². The van der Waals surface area contributed by atoms with Crippen molar-refractivity contribution >= 4 is 29.2 Å². The van der Waals surface area contributed by atoms with E-state index < -0.39 is 11.5 Å². The van der Waals surface area contributed by atoms with Gasteiger partial charge in [0.25, 0.3) is 0 Å². The Balaban J connectivity index is 1.62. The molecule has 2 fully saturated rings. The summed E-state index contributed by atoms with van der Waals surface area (Å²) < 4.78 is 5.91. The van der Waals surface area contributed by atoms with Crippen molar-refractivity contribution in [3.63, 3.8) is 0 Å². The molecular weight excluding hydrogens is 313 g/mol. The van der Waals surface area contributed by atoms with Gasteiger partial charge in [-0.25, -0.2) is 0 Å². The third kappa shape index (κ3) is 2.55. The number of halogens is 2. The Morgan fingerprint density at radius 3 is 2.71 bits per heavy atom. The first-order valence-corrected chi connectivity index (χ1v) is 7.65. The molecule has 21 heavy (non-hydrogen) atoms. The lowest BCUT2D eigenvalue weighted by Crippen LogP contribution is -2.49. The Labute approximate surface area is 133 Å². The average Bonchev–Trinajstić information content (AvgIpc) is 3.07. The van der Waals surface area contributed by atoms with Crippen LogP contribution in [0.15, 0.2) is 18.2 Å². The summed E-state index contributed by atoms with van der Waals surface area (Å²) in [5.41, 5.74) is 6.65. The molecule has 114 valence electrons. The van der Waals surface area contributed by atoms with Crippen LogP contribution in [-0.4, -0.2) is 22.7 Å². The van der Waals surface area contributed by atoms with E-state index in [2.05, 4.69) is 0 Å².